The average molecular weight is 585 g/mol. The highest BCUT2D eigenvalue weighted by atomic mass is 32.1. The van der Waals surface area contributed by atoms with Crippen LogP contribution in [-0.2, 0) is 6.54 Å². The molecular formula is C39H24N2O2S. The molecule has 0 atom stereocenters. The minimum absolute atomic E-state index is 0.854. The number of hydrogen-bond donors (Lipinski definition) is 1. The summed E-state index contributed by atoms with van der Waals surface area (Å²) in [5.41, 5.74) is 9.51. The highest BCUT2D eigenvalue weighted by molar-refractivity contribution is 7.26. The van der Waals surface area contributed by atoms with E-state index in [1.54, 1.807) is 0 Å². The Morgan fingerprint density at radius 3 is 1.95 bits per heavy atom. The van der Waals surface area contributed by atoms with E-state index in [0.717, 1.165) is 67.5 Å². The summed E-state index contributed by atoms with van der Waals surface area (Å²) in [7, 11) is 0. The number of nitrogens with one attached hydrogen (secondary N) is 1. The minimum atomic E-state index is 0.854. The number of furan rings is 2. The molecule has 1 aliphatic heterocycles. The van der Waals surface area contributed by atoms with Gasteiger partial charge in [-0.15, -0.1) is 11.3 Å². The lowest BCUT2D eigenvalue weighted by atomic mass is 10.0. The molecule has 0 bridgehead atoms. The van der Waals surface area contributed by atoms with Gasteiger partial charge in [-0.05, 0) is 84.1 Å². The fraction of sp³-hybridized carbons (Fsp3) is 0.0256. The van der Waals surface area contributed by atoms with Crippen LogP contribution in [0.25, 0.3) is 70.1 Å². The Kier molecular flexibility index (Phi) is 4.90. The van der Waals surface area contributed by atoms with Crippen molar-refractivity contribution in [3.8, 4) is 0 Å². The van der Waals surface area contributed by atoms with E-state index in [0.29, 0.717) is 0 Å². The van der Waals surface area contributed by atoms with Crippen molar-refractivity contribution < 1.29 is 8.83 Å². The second-order valence-electron chi connectivity index (χ2n) is 11.4. The molecule has 0 aliphatic carbocycles. The number of hydrogen-bond acceptors (Lipinski definition) is 5. The van der Waals surface area contributed by atoms with Gasteiger partial charge in [-0.2, -0.15) is 0 Å². The van der Waals surface area contributed by atoms with Crippen molar-refractivity contribution >= 4 is 98.5 Å². The molecule has 6 aromatic carbocycles. The van der Waals surface area contributed by atoms with Crippen LogP contribution in [-0.4, -0.2) is 0 Å². The number of rotatable bonds is 3. The van der Waals surface area contributed by atoms with Gasteiger partial charge in [-0.1, -0.05) is 54.6 Å². The van der Waals surface area contributed by atoms with Crippen LogP contribution in [0.5, 0.6) is 0 Å². The molecule has 0 spiro atoms. The molecule has 1 N–H and O–H groups in total. The number of anilines is 3. The molecule has 5 heteroatoms. The van der Waals surface area contributed by atoms with Crippen LogP contribution in [0.2, 0.25) is 0 Å². The Hall–Kier alpha value is -5.52. The maximum Gasteiger partial charge on any atom is 0.135 e. The van der Waals surface area contributed by atoms with Crippen LogP contribution in [0, 0.1) is 0 Å². The first-order chi connectivity index (χ1) is 21.8. The Balaban J connectivity index is 1.29. The lowest BCUT2D eigenvalue weighted by Gasteiger charge is -2.26. The highest BCUT2D eigenvalue weighted by Gasteiger charge is 2.22. The van der Waals surface area contributed by atoms with Crippen LogP contribution in [0.1, 0.15) is 11.1 Å². The lowest BCUT2D eigenvalue weighted by molar-refractivity contribution is 0.668. The van der Waals surface area contributed by atoms with Crippen molar-refractivity contribution in [2.45, 2.75) is 6.54 Å². The van der Waals surface area contributed by atoms with Crippen molar-refractivity contribution in [2.24, 2.45) is 0 Å². The van der Waals surface area contributed by atoms with Crippen molar-refractivity contribution in [2.75, 3.05) is 4.90 Å². The smallest absolute Gasteiger partial charge is 0.135 e. The van der Waals surface area contributed by atoms with E-state index >= 15 is 0 Å². The van der Waals surface area contributed by atoms with E-state index in [1.807, 2.05) is 35.6 Å². The summed E-state index contributed by atoms with van der Waals surface area (Å²) in [4.78, 5) is 2.40. The number of nitrogens with zero attached hydrogens (tertiary/aromatic N) is 1. The van der Waals surface area contributed by atoms with E-state index in [4.69, 9.17) is 8.83 Å². The fourth-order valence-electron chi connectivity index (χ4n) is 6.90. The molecule has 0 unspecified atom stereocenters. The van der Waals surface area contributed by atoms with E-state index in [2.05, 4.69) is 113 Å². The van der Waals surface area contributed by atoms with Gasteiger partial charge in [0.2, 0.25) is 0 Å². The predicted octanol–water partition coefficient (Wildman–Crippen LogP) is 11.4. The number of benzene rings is 6. The molecule has 0 saturated carbocycles. The standard InChI is InChI=1S/C39H24N2O2S/c1-3-9-33-27(6-1)30-20-24(13-16-35(30)42-33)41(25-14-17-36-31(21-25)28-7-2-4-10-34(28)43-36)32-8-5-11-37-38(32)29-15-12-23-22-40-19-18-26(23)39(29)44-37/h1-21,40H,22H2. The van der Waals surface area contributed by atoms with Crippen molar-refractivity contribution in [1.29, 1.82) is 0 Å². The normalized spacial score (nSPS) is 13.0. The van der Waals surface area contributed by atoms with Gasteiger partial charge in [-0.3, -0.25) is 0 Å². The molecule has 0 amide bonds. The third-order valence-electron chi connectivity index (χ3n) is 8.91. The van der Waals surface area contributed by atoms with Crippen molar-refractivity contribution in [1.82, 2.24) is 5.32 Å². The van der Waals surface area contributed by atoms with Crippen molar-refractivity contribution in [3.63, 3.8) is 0 Å². The molecule has 0 radical (unpaired) electrons. The zero-order valence-electron chi connectivity index (χ0n) is 23.5. The summed E-state index contributed by atoms with van der Waals surface area (Å²) >= 11 is 1.87. The molecule has 10 rings (SSSR count). The van der Waals surface area contributed by atoms with E-state index < -0.39 is 0 Å². The second kappa shape index (κ2) is 8.99. The lowest BCUT2D eigenvalue weighted by Crippen LogP contribution is -2.10. The number of para-hydroxylation sites is 2. The molecule has 208 valence electrons. The van der Waals surface area contributed by atoms with Gasteiger partial charge >= 0.3 is 0 Å². The molecule has 3 aromatic heterocycles. The zero-order chi connectivity index (χ0) is 28.8. The minimum Gasteiger partial charge on any atom is -0.456 e. The Morgan fingerprint density at radius 2 is 1.25 bits per heavy atom. The van der Waals surface area contributed by atoms with Crippen LogP contribution in [0.4, 0.5) is 17.1 Å². The SMILES string of the molecule is C1=Cc2c(ccc3c2sc2cccc(N(c4ccc5oc6ccccc6c5c4)c4ccc5oc6ccccc6c5c4)c23)CN1. The van der Waals surface area contributed by atoms with E-state index in [9.17, 15) is 0 Å². The van der Waals surface area contributed by atoms with Crippen LogP contribution in [0.15, 0.2) is 130 Å². The first-order valence-electron chi connectivity index (χ1n) is 14.8. The predicted molar refractivity (Wildman–Crippen MR) is 184 cm³/mol. The Labute approximate surface area is 256 Å². The fourth-order valence-corrected chi connectivity index (χ4v) is 8.17. The molecule has 9 aromatic rings. The quantitative estimate of drug-likeness (QED) is 0.224. The molecule has 0 saturated heterocycles. The molecule has 4 nitrogen and oxygen atoms in total. The van der Waals surface area contributed by atoms with Gasteiger partial charge in [0.25, 0.3) is 0 Å². The summed E-state index contributed by atoms with van der Waals surface area (Å²) < 4.78 is 15.0. The molecular weight excluding hydrogens is 561 g/mol. The Bertz CT molecular complexity index is 2520. The van der Waals surface area contributed by atoms with Gasteiger partial charge in [0.05, 0.1) is 5.69 Å². The van der Waals surface area contributed by atoms with Crippen LogP contribution >= 0.6 is 11.3 Å². The summed E-state index contributed by atoms with van der Waals surface area (Å²) in [6.45, 7) is 0.854. The summed E-state index contributed by atoms with van der Waals surface area (Å²) in [5.74, 6) is 0. The summed E-state index contributed by atoms with van der Waals surface area (Å²) in [6, 6.07) is 40.9. The third-order valence-corrected chi connectivity index (χ3v) is 10.1. The molecule has 4 heterocycles. The van der Waals surface area contributed by atoms with Gasteiger partial charge in [0, 0.05) is 59.6 Å². The van der Waals surface area contributed by atoms with E-state index in [1.165, 1.54) is 31.3 Å². The second-order valence-corrected chi connectivity index (χ2v) is 12.4. The van der Waals surface area contributed by atoms with Crippen LogP contribution < -0.4 is 10.2 Å². The largest absolute Gasteiger partial charge is 0.456 e. The first kappa shape index (κ1) is 24.0. The molecule has 1 aliphatic rings. The summed E-state index contributed by atoms with van der Waals surface area (Å²) in [5, 5.41) is 10.3. The monoisotopic (exact) mass is 584 g/mol. The third kappa shape index (κ3) is 3.38. The highest BCUT2D eigenvalue weighted by Crippen LogP contribution is 2.48. The molecule has 0 fully saturated rings. The summed E-state index contributed by atoms with van der Waals surface area (Å²) in [6.07, 6.45) is 4.28. The average Bonchev–Trinajstić information content (AvgIpc) is 3.76. The van der Waals surface area contributed by atoms with Gasteiger partial charge in [-0.25, -0.2) is 0 Å². The maximum atomic E-state index is 6.22. The Morgan fingerprint density at radius 1 is 0.591 bits per heavy atom. The van der Waals surface area contributed by atoms with Crippen LogP contribution in [0.3, 0.4) is 0 Å². The molecule has 44 heavy (non-hydrogen) atoms. The first-order valence-corrected chi connectivity index (χ1v) is 15.6. The zero-order valence-corrected chi connectivity index (χ0v) is 24.3. The maximum absolute atomic E-state index is 6.22. The van der Waals surface area contributed by atoms with Crippen molar-refractivity contribution in [3.05, 3.63) is 133 Å². The van der Waals surface area contributed by atoms with Gasteiger partial charge in [0.15, 0.2) is 0 Å². The number of thiophene rings is 1. The van der Waals surface area contributed by atoms with E-state index in [-0.39, 0.29) is 0 Å². The van der Waals surface area contributed by atoms with Gasteiger partial charge in [0.1, 0.15) is 22.3 Å². The topological polar surface area (TPSA) is 41.6 Å². The number of fused-ring (bicyclic) bond motifs is 11. The van der Waals surface area contributed by atoms with Gasteiger partial charge < -0.3 is 19.1 Å².